The van der Waals surface area contributed by atoms with E-state index in [0.717, 1.165) is 11.4 Å². The largest absolute Gasteiger partial charge is 0.367 e. The van der Waals surface area contributed by atoms with Crippen LogP contribution in [0.4, 0.5) is 0 Å². The number of nitrogens with zero attached hydrogens (tertiary/aromatic N) is 4. The molecule has 7 heteroatoms. The molecule has 0 unspecified atom stereocenters. The number of carbonyl (C=O) groups excluding carboxylic acids is 1. The van der Waals surface area contributed by atoms with Crippen LogP contribution in [0.15, 0.2) is 17.8 Å². The fourth-order valence-electron chi connectivity index (χ4n) is 2.36. The predicted octanol–water partition coefficient (Wildman–Crippen LogP) is 1.76. The average Bonchev–Trinajstić information content (AvgIpc) is 3.00. The molecule has 0 N–H and O–H groups in total. The van der Waals surface area contributed by atoms with Crippen molar-refractivity contribution in [2.45, 2.75) is 20.0 Å². The molecule has 2 aromatic heterocycles. The number of aryl methyl sites for hydroxylation is 2. The summed E-state index contributed by atoms with van der Waals surface area (Å²) in [6, 6.07) is 1.92. The highest BCUT2D eigenvalue weighted by atomic mass is 32.1. The molecule has 1 fully saturated rings. The zero-order valence-corrected chi connectivity index (χ0v) is 12.8. The van der Waals surface area contributed by atoms with Gasteiger partial charge in [-0.3, -0.25) is 9.78 Å². The van der Waals surface area contributed by atoms with Crippen LogP contribution in [0.5, 0.6) is 0 Å². The molecule has 21 heavy (non-hydrogen) atoms. The number of ether oxygens (including phenoxy) is 1. The number of hydrogen-bond donors (Lipinski definition) is 0. The number of rotatable bonds is 2. The number of aromatic nitrogens is 3. The van der Waals surface area contributed by atoms with Crippen LogP contribution in [0, 0.1) is 13.8 Å². The van der Waals surface area contributed by atoms with E-state index in [1.165, 1.54) is 11.3 Å². The third-order valence-electron chi connectivity index (χ3n) is 3.28. The van der Waals surface area contributed by atoms with Crippen molar-refractivity contribution in [1.82, 2.24) is 19.9 Å². The minimum atomic E-state index is -0.269. The van der Waals surface area contributed by atoms with Crippen molar-refractivity contribution in [3.05, 3.63) is 39.9 Å². The van der Waals surface area contributed by atoms with Crippen molar-refractivity contribution in [3.63, 3.8) is 0 Å². The summed E-state index contributed by atoms with van der Waals surface area (Å²) < 4.78 is 5.74. The second kappa shape index (κ2) is 5.87. The molecule has 1 saturated heterocycles. The smallest absolute Gasteiger partial charge is 0.265 e. The molecule has 2 aromatic rings. The van der Waals surface area contributed by atoms with Gasteiger partial charge >= 0.3 is 0 Å². The number of thiazole rings is 1. The van der Waals surface area contributed by atoms with Crippen LogP contribution in [-0.2, 0) is 4.74 Å². The summed E-state index contributed by atoms with van der Waals surface area (Å²) in [6.45, 7) is 5.41. The Balaban J connectivity index is 1.78. The van der Waals surface area contributed by atoms with E-state index in [0.29, 0.717) is 30.4 Å². The SMILES string of the molecule is Cc1cc(C)nc([C@H]2CN(C(=O)c3cncs3)CCO2)n1. The van der Waals surface area contributed by atoms with Gasteiger partial charge in [-0.15, -0.1) is 11.3 Å². The lowest BCUT2D eigenvalue weighted by atomic mass is 10.2. The van der Waals surface area contributed by atoms with Crippen molar-refractivity contribution in [3.8, 4) is 0 Å². The van der Waals surface area contributed by atoms with Gasteiger partial charge in [0.15, 0.2) is 5.82 Å². The van der Waals surface area contributed by atoms with Gasteiger partial charge < -0.3 is 9.64 Å². The minimum absolute atomic E-state index is 0.00447. The zero-order valence-electron chi connectivity index (χ0n) is 11.9. The molecule has 0 saturated carbocycles. The number of morpholine rings is 1. The first-order valence-corrected chi connectivity index (χ1v) is 7.63. The first kappa shape index (κ1) is 14.1. The third-order valence-corrected chi connectivity index (χ3v) is 4.05. The maximum absolute atomic E-state index is 12.4. The van der Waals surface area contributed by atoms with Gasteiger partial charge in [0.25, 0.3) is 5.91 Å². The molecule has 110 valence electrons. The lowest BCUT2D eigenvalue weighted by molar-refractivity contribution is -0.0267. The van der Waals surface area contributed by atoms with Crippen LogP contribution in [0.2, 0.25) is 0 Å². The zero-order chi connectivity index (χ0) is 14.8. The summed E-state index contributed by atoms with van der Waals surface area (Å²) in [6.07, 6.45) is 1.33. The lowest BCUT2D eigenvalue weighted by Crippen LogP contribution is -2.42. The van der Waals surface area contributed by atoms with Crippen LogP contribution in [0.1, 0.15) is 33.0 Å². The first-order chi connectivity index (χ1) is 10.1. The summed E-state index contributed by atoms with van der Waals surface area (Å²) in [4.78, 5) is 27.6. The molecular formula is C14H16N4O2S. The third kappa shape index (κ3) is 3.08. The van der Waals surface area contributed by atoms with Crippen LogP contribution < -0.4 is 0 Å². The van der Waals surface area contributed by atoms with E-state index in [4.69, 9.17) is 4.74 Å². The molecule has 3 heterocycles. The Labute approximate surface area is 126 Å². The summed E-state index contributed by atoms with van der Waals surface area (Å²) in [5.41, 5.74) is 3.48. The molecule has 1 aliphatic heterocycles. The highest BCUT2D eigenvalue weighted by molar-refractivity contribution is 7.11. The van der Waals surface area contributed by atoms with Gasteiger partial charge in [-0.05, 0) is 19.9 Å². The Morgan fingerprint density at radius 2 is 2.14 bits per heavy atom. The van der Waals surface area contributed by atoms with Crippen molar-refractivity contribution in [2.24, 2.45) is 0 Å². The quantitative estimate of drug-likeness (QED) is 0.845. The molecule has 1 amide bonds. The topological polar surface area (TPSA) is 68.2 Å². The molecule has 0 radical (unpaired) electrons. The van der Waals surface area contributed by atoms with Gasteiger partial charge in [0.05, 0.1) is 24.9 Å². The molecule has 3 rings (SSSR count). The van der Waals surface area contributed by atoms with Gasteiger partial charge in [0.2, 0.25) is 0 Å². The van der Waals surface area contributed by atoms with Crippen molar-refractivity contribution >= 4 is 17.2 Å². The second-order valence-electron chi connectivity index (χ2n) is 4.99. The molecule has 1 aliphatic rings. The molecule has 6 nitrogen and oxygen atoms in total. The Kier molecular flexibility index (Phi) is 3.94. The number of amides is 1. The van der Waals surface area contributed by atoms with Gasteiger partial charge in [0, 0.05) is 17.9 Å². The summed E-state index contributed by atoms with van der Waals surface area (Å²) >= 11 is 1.35. The Bertz CT molecular complexity index is 624. The fraction of sp³-hybridized carbons (Fsp3) is 0.429. The predicted molar refractivity (Wildman–Crippen MR) is 78.2 cm³/mol. The van der Waals surface area contributed by atoms with Crippen LogP contribution in [0.25, 0.3) is 0 Å². The van der Waals surface area contributed by atoms with E-state index in [9.17, 15) is 4.79 Å². The highest BCUT2D eigenvalue weighted by Crippen LogP contribution is 2.22. The van der Waals surface area contributed by atoms with Crippen LogP contribution >= 0.6 is 11.3 Å². The van der Waals surface area contributed by atoms with Crippen molar-refractivity contribution < 1.29 is 9.53 Å². The van der Waals surface area contributed by atoms with Gasteiger partial charge in [0.1, 0.15) is 11.0 Å². The van der Waals surface area contributed by atoms with Gasteiger partial charge in [-0.1, -0.05) is 0 Å². The maximum Gasteiger partial charge on any atom is 0.265 e. The monoisotopic (exact) mass is 304 g/mol. The molecule has 0 bridgehead atoms. The second-order valence-corrected chi connectivity index (χ2v) is 5.87. The Morgan fingerprint density at radius 3 is 2.81 bits per heavy atom. The van der Waals surface area contributed by atoms with Gasteiger partial charge in [-0.2, -0.15) is 0 Å². The number of hydrogen-bond acceptors (Lipinski definition) is 6. The summed E-state index contributed by atoms with van der Waals surface area (Å²) in [5.74, 6) is 0.643. The highest BCUT2D eigenvalue weighted by Gasteiger charge is 2.28. The Hall–Kier alpha value is -1.86. The van der Waals surface area contributed by atoms with E-state index in [2.05, 4.69) is 15.0 Å². The fourth-order valence-corrected chi connectivity index (χ4v) is 2.95. The van der Waals surface area contributed by atoms with Gasteiger partial charge in [-0.25, -0.2) is 9.97 Å². The van der Waals surface area contributed by atoms with E-state index >= 15 is 0 Å². The van der Waals surface area contributed by atoms with E-state index in [1.54, 1.807) is 16.6 Å². The van der Waals surface area contributed by atoms with E-state index in [1.807, 2.05) is 19.9 Å². The average molecular weight is 304 g/mol. The van der Waals surface area contributed by atoms with Crippen molar-refractivity contribution in [1.29, 1.82) is 0 Å². The molecule has 0 spiro atoms. The lowest BCUT2D eigenvalue weighted by Gasteiger charge is -2.32. The van der Waals surface area contributed by atoms with E-state index < -0.39 is 0 Å². The summed E-state index contributed by atoms with van der Waals surface area (Å²) in [7, 11) is 0. The maximum atomic E-state index is 12.4. The van der Waals surface area contributed by atoms with Crippen LogP contribution in [0.3, 0.4) is 0 Å². The molecular weight excluding hydrogens is 288 g/mol. The van der Waals surface area contributed by atoms with E-state index in [-0.39, 0.29) is 12.0 Å². The first-order valence-electron chi connectivity index (χ1n) is 6.75. The normalized spacial score (nSPS) is 18.8. The molecule has 0 aromatic carbocycles. The molecule has 1 atom stereocenters. The standard InChI is InChI=1S/C14H16N4O2S/c1-9-5-10(2)17-13(16-9)11-7-18(3-4-20-11)14(19)12-6-15-8-21-12/h5-6,8,11H,3-4,7H2,1-2H3/t11-/m1/s1. The summed E-state index contributed by atoms with van der Waals surface area (Å²) in [5, 5.41) is 0. The van der Waals surface area contributed by atoms with Crippen molar-refractivity contribution in [2.75, 3.05) is 19.7 Å². The molecule has 0 aliphatic carbocycles. The Morgan fingerprint density at radius 1 is 1.38 bits per heavy atom. The number of carbonyl (C=O) groups is 1. The van der Waals surface area contributed by atoms with Crippen LogP contribution in [-0.4, -0.2) is 45.5 Å². The minimum Gasteiger partial charge on any atom is -0.367 e.